The van der Waals surface area contributed by atoms with Gasteiger partial charge in [-0.05, 0) is 56.3 Å². The molecule has 2 aromatic rings. The van der Waals surface area contributed by atoms with E-state index in [1.54, 1.807) is 0 Å². The fraction of sp³-hybridized carbons (Fsp3) is 0.381. The molecule has 2 heterocycles. The average molecular weight is 350 g/mol. The second-order valence-electron chi connectivity index (χ2n) is 7.32. The lowest BCUT2D eigenvalue weighted by Crippen LogP contribution is -2.44. The minimum absolute atomic E-state index is 0.0604. The molecule has 2 aliphatic heterocycles. The van der Waals surface area contributed by atoms with E-state index in [2.05, 4.69) is 47.3 Å². The van der Waals surface area contributed by atoms with Crippen LogP contribution in [0.1, 0.15) is 12.5 Å². The SMILES string of the molecule is CC1Cc2ccccc2N1C(=O)Nc1ccc(N2CCN(C)CC2)cc1. The van der Waals surface area contributed by atoms with Gasteiger partial charge in [-0.3, -0.25) is 4.90 Å². The van der Waals surface area contributed by atoms with Gasteiger partial charge in [-0.1, -0.05) is 18.2 Å². The number of benzene rings is 2. The van der Waals surface area contributed by atoms with Crippen LogP contribution in [0.15, 0.2) is 48.5 Å². The Kier molecular flexibility index (Phi) is 4.55. The van der Waals surface area contributed by atoms with Crippen LogP contribution in [0.5, 0.6) is 0 Å². The zero-order valence-electron chi connectivity index (χ0n) is 15.5. The summed E-state index contributed by atoms with van der Waals surface area (Å²) in [5.74, 6) is 0. The Bertz CT molecular complexity index is 781. The summed E-state index contributed by atoms with van der Waals surface area (Å²) in [6.45, 7) is 6.36. The zero-order valence-corrected chi connectivity index (χ0v) is 15.5. The number of likely N-dealkylation sites (N-methyl/N-ethyl adjacent to an activating group) is 1. The van der Waals surface area contributed by atoms with E-state index in [9.17, 15) is 4.79 Å². The molecule has 26 heavy (non-hydrogen) atoms. The highest BCUT2D eigenvalue weighted by atomic mass is 16.2. The Labute approximate surface area is 155 Å². The number of piperazine rings is 1. The van der Waals surface area contributed by atoms with Gasteiger partial charge in [0.2, 0.25) is 0 Å². The van der Waals surface area contributed by atoms with E-state index >= 15 is 0 Å². The first kappa shape index (κ1) is 16.9. The molecule has 0 spiro atoms. The third-order valence-electron chi connectivity index (χ3n) is 5.41. The van der Waals surface area contributed by atoms with E-state index in [4.69, 9.17) is 0 Å². The summed E-state index contributed by atoms with van der Waals surface area (Å²) in [6, 6.07) is 16.5. The molecule has 5 heteroatoms. The van der Waals surface area contributed by atoms with Crippen LogP contribution in [0.2, 0.25) is 0 Å². The molecule has 0 aromatic heterocycles. The molecule has 1 unspecified atom stereocenters. The number of nitrogens with zero attached hydrogens (tertiary/aromatic N) is 3. The molecular weight excluding hydrogens is 324 g/mol. The number of anilines is 3. The van der Waals surface area contributed by atoms with Crippen molar-refractivity contribution in [3.05, 3.63) is 54.1 Å². The van der Waals surface area contributed by atoms with Crippen molar-refractivity contribution >= 4 is 23.1 Å². The Morgan fingerprint density at radius 2 is 1.69 bits per heavy atom. The molecular formula is C21H26N4O. The second kappa shape index (κ2) is 7.00. The molecule has 1 N–H and O–H groups in total. The van der Waals surface area contributed by atoms with E-state index in [1.165, 1.54) is 11.3 Å². The van der Waals surface area contributed by atoms with Gasteiger partial charge in [0.15, 0.2) is 0 Å². The van der Waals surface area contributed by atoms with Crippen LogP contribution in [0.25, 0.3) is 0 Å². The van der Waals surface area contributed by atoms with E-state index in [1.807, 2.05) is 35.2 Å². The van der Waals surface area contributed by atoms with Gasteiger partial charge in [-0.2, -0.15) is 0 Å². The lowest BCUT2D eigenvalue weighted by molar-refractivity contribution is 0.256. The van der Waals surface area contributed by atoms with Gasteiger partial charge in [0.25, 0.3) is 0 Å². The van der Waals surface area contributed by atoms with Crippen molar-refractivity contribution < 1.29 is 4.79 Å². The monoisotopic (exact) mass is 350 g/mol. The molecule has 0 saturated carbocycles. The van der Waals surface area contributed by atoms with Crippen molar-refractivity contribution in [2.45, 2.75) is 19.4 Å². The van der Waals surface area contributed by atoms with Crippen molar-refractivity contribution in [2.24, 2.45) is 0 Å². The molecule has 0 bridgehead atoms. The molecule has 2 aromatic carbocycles. The van der Waals surface area contributed by atoms with Crippen molar-refractivity contribution in [1.82, 2.24) is 4.90 Å². The minimum atomic E-state index is -0.0604. The minimum Gasteiger partial charge on any atom is -0.369 e. The van der Waals surface area contributed by atoms with Gasteiger partial charge in [0.1, 0.15) is 0 Å². The first-order valence-electron chi connectivity index (χ1n) is 9.33. The van der Waals surface area contributed by atoms with Crippen LogP contribution < -0.4 is 15.1 Å². The maximum Gasteiger partial charge on any atom is 0.326 e. The number of nitrogens with one attached hydrogen (secondary N) is 1. The number of amides is 2. The first-order valence-corrected chi connectivity index (χ1v) is 9.33. The quantitative estimate of drug-likeness (QED) is 0.902. The van der Waals surface area contributed by atoms with Gasteiger partial charge in [-0.25, -0.2) is 4.79 Å². The van der Waals surface area contributed by atoms with E-state index in [-0.39, 0.29) is 12.1 Å². The molecule has 136 valence electrons. The highest BCUT2D eigenvalue weighted by molar-refractivity contribution is 6.03. The summed E-state index contributed by atoms with van der Waals surface area (Å²) in [4.78, 5) is 19.4. The lowest BCUT2D eigenvalue weighted by atomic mass is 10.1. The molecule has 4 rings (SSSR count). The van der Waals surface area contributed by atoms with E-state index in [0.29, 0.717) is 0 Å². The Morgan fingerprint density at radius 1 is 1.00 bits per heavy atom. The highest BCUT2D eigenvalue weighted by Crippen LogP contribution is 2.32. The smallest absolute Gasteiger partial charge is 0.326 e. The maximum absolute atomic E-state index is 12.8. The number of rotatable bonds is 2. The highest BCUT2D eigenvalue weighted by Gasteiger charge is 2.30. The average Bonchev–Trinajstić information content (AvgIpc) is 2.99. The molecule has 5 nitrogen and oxygen atoms in total. The summed E-state index contributed by atoms with van der Waals surface area (Å²) >= 11 is 0. The largest absolute Gasteiger partial charge is 0.369 e. The molecule has 2 amide bonds. The lowest BCUT2D eigenvalue weighted by Gasteiger charge is -2.34. The normalized spacial score (nSPS) is 20.2. The van der Waals surface area contributed by atoms with Crippen molar-refractivity contribution in [3.8, 4) is 0 Å². The number of hydrogen-bond acceptors (Lipinski definition) is 3. The molecule has 0 aliphatic carbocycles. The number of carbonyl (C=O) groups is 1. The summed E-state index contributed by atoms with van der Waals surface area (Å²) in [5, 5.41) is 3.05. The predicted molar refractivity (Wildman–Crippen MR) is 107 cm³/mol. The number of carbonyl (C=O) groups excluding carboxylic acids is 1. The topological polar surface area (TPSA) is 38.8 Å². The summed E-state index contributed by atoms with van der Waals surface area (Å²) in [7, 11) is 2.16. The fourth-order valence-corrected chi connectivity index (χ4v) is 3.88. The van der Waals surface area contributed by atoms with E-state index in [0.717, 1.165) is 44.0 Å². The summed E-state index contributed by atoms with van der Waals surface area (Å²) < 4.78 is 0. The van der Waals surface area contributed by atoms with Gasteiger partial charge in [-0.15, -0.1) is 0 Å². The number of para-hydroxylation sites is 1. The van der Waals surface area contributed by atoms with Crippen LogP contribution in [0.3, 0.4) is 0 Å². The van der Waals surface area contributed by atoms with Gasteiger partial charge < -0.3 is 15.1 Å². The first-order chi connectivity index (χ1) is 12.6. The van der Waals surface area contributed by atoms with Gasteiger partial charge in [0.05, 0.1) is 0 Å². The van der Waals surface area contributed by atoms with Gasteiger partial charge in [0, 0.05) is 49.3 Å². The number of urea groups is 1. The Balaban J connectivity index is 1.44. The standard InChI is InChI=1S/C21H26N4O/c1-16-15-17-5-3-4-6-20(17)25(16)21(26)22-18-7-9-19(10-8-18)24-13-11-23(2)12-14-24/h3-10,16H,11-15H2,1-2H3,(H,22,26). The van der Waals surface area contributed by atoms with Gasteiger partial charge >= 0.3 is 6.03 Å². The molecule has 0 radical (unpaired) electrons. The number of hydrogen-bond donors (Lipinski definition) is 1. The van der Waals surface area contributed by atoms with Crippen LogP contribution in [0, 0.1) is 0 Å². The van der Waals surface area contributed by atoms with Crippen LogP contribution in [-0.2, 0) is 6.42 Å². The van der Waals surface area contributed by atoms with Crippen molar-refractivity contribution in [1.29, 1.82) is 0 Å². The predicted octanol–water partition coefficient (Wildman–Crippen LogP) is 3.42. The van der Waals surface area contributed by atoms with Crippen LogP contribution in [-0.4, -0.2) is 50.2 Å². The third-order valence-corrected chi connectivity index (χ3v) is 5.41. The second-order valence-corrected chi connectivity index (χ2v) is 7.32. The molecule has 1 atom stereocenters. The van der Waals surface area contributed by atoms with Crippen molar-refractivity contribution in [2.75, 3.05) is 48.3 Å². The zero-order chi connectivity index (χ0) is 18.1. The molecule has 2 aliphatic rings. The Hall–Kier alpha value is -2.53. The van der Waals surface area contributed by atoms with Crippen LogP contribution >= 0.6 is 0 Å². The maximum atomic E-state index is 12.8. The van der Waals surface area contributed by atoms with Crippen LogP contribution in [0.4, 0.5) is 21.9 Å². The summed E-state index contributed by atoms with van der Waals surface area (Å²) in [6.07, 6.45) is 0.909. The van der Waals surface area contributed by atoms with Crippen molar-refractivity contribution in [3.63, 3.8) is 0 Å². The molecule has 1 fully saturated rings. The third kappa shape index (κ3) is 3.27. The summed E-state index contributed by atoms with van der Waals surface area (Å²) in [5.41, 5.74) is 4.31. The number of fused-ring (bicyclic) bond motifs is 1. The fourth-order valence-electron chi connectivity index (χ4n) is 3.88. The van der Waals surface area contributed by atoms with E-state index < -0.39 is 0 Å². The molecule has 1 saturated heterocycles. The Morgan fingerprint density at radius 3 is 2.42 bits per heavy atom.